The third-order valence-electron chi connectivity index (χ3n) is 2.64. The number of rotatable bonds is 2. The van der Waals surface area contributed by atoms with E-state index in [9.17, 15) is 0 Å². The zero-order valence-electron chi connectivity index (χ0n) is 10.1. The summed E-state index contributed by atoms with van der Waals surface area (Å²) in [7, 11) is 0. The average molecular weight is 283 g/mol. The van der Waals surface area contributed by atoms with Gasteiger partial charge in [-0.05, 0) is 12.5 Å². The minimum absolute atomic E-state index is 0.329. The lowest BCUT2D eigenvalue weighted by Gasteiger charge is -2.17. The molecule has 0 amide bonds. The van der Waals surface area contributed by atoms with E-state index >= 15 is 0 Å². The first-order valence-corrected chi connectivity index (χ1v) is 6.85. The number of hydrogen-bond acceptors (Lipinski definition) is 2. The smallest absolute Gasteiger partial charge is 0.0778 e. The van der Waals surface area contributed by atoms with E-state index in [0.717, 1.165) is 5.33 Å². The summed E-state index contributed by atoms with van der Waals surface area (Å²) in [5.74, 6) is 0.470. The molecule has 1 aromatic carbocycles. The fourth-order valence-corrected chi connectivity index (χ4v) is 2.60. The second kappa shape index (κ2) is 6.69. The molecule has 0 fully saturated rings. The standard InChI is InChI=1S/C11H13BrN2.C2H6/c1-8-10(7-12)11(14-13-8)9-5-3-2-4-6-9;1-2/h2-6,10-11,14H,7H2,1H3;1-2H3. The van der Waals surface area contributed by atoms with Gasteiger partial charge in [0.2, 0.25) is 0 Å². The van der Waals surface area contributed by atoms with Crippen LogP contribution in [0.2, 0.25) is 0 Å². The SMILES string of the molecule is CC.CC1=NNC(c2ccccc2)C1CBr. The van der Waals surface area contributed by atoms with Crippen LogP contribution in [0.5, 0.6) is 0 Å². The van der Waals surface area contributed by atoms with Crippen molar-refractivity contribution in [1.82, 2.24) is 5.43 Å². The van der Waals surface area contributed by atoms with Crippen LogP contribution in [0.1, 0.15) is 32.4 Å². The van der Waals surface area contributed by atoms with Crippen molar-refractivity contribution < 1.29 is 0 Å². The number of hydrogen-bond donors (Lipinski definition) is 1. The van der Waals surface area contributed by atoms with Crippen LogP contribution in [0.4, 0.5) is 0 Å². The summed E-state index contributed by atoms with van der Waals surface area (Å²) >= 11 is 3.53. The van der Waals surface area contributed by atoms with Crippen molar-refractivity contribution in [2.45, 2.75) is 26.8 Å². The molecule has 0 aliphatic carbocycles. The lowest BCUT2D eigenvalue weighted by atomic mass is 9.93. The third-order valence-corrected chi connectivity index (χ3v) is 3.34. The largest absolute Gasteiger partial charge is 0.302 e. The number of hydrazone groups is 1. The first-order valence-electron chi connectivity index (χ1n) is 5.73. The second-order valence-electron chi connectivity index (χ2n) is 3.53. The van der Waals surface area contributed by atoms with Crippen LogP contribution < -0.4 is 5.43 Å². The number of nitrogens with zero attached hydrogens (tertiary/aromatic N) is 1. The van der Waals surface area contributed by atoms with Gasteiger partial charge in [-0.15, -0.1) is 0 Å². The Morgan fingerprint density at radius 1 is 1.25 bits per heavy atom. The molecular weight excluding hydrogens is 264 g/mol. The van der Waals surface area contributed by atoms with Gasteiger partial charge in [-0.25, -0.2) is 0 Å². The first kappa shape index (κ1) is 13.2. The number of halogens is 1. The minimum atomic E-state index is 0.329. The number of nitrogens with one attached hydrogen (secondary N) is 1. The summed E-state index contributed by atoms with van der Waals surface area (Å²) < 4.78 is 0. The van der Waals surface area contributed by atoms with E-state index in [1.807, 2.05) is 19.9 Å². The molecule has 1 N–H and O–H groups in total. The van der Waals surface area contributed by atoms with Gasteiger partial charge in [-0.2, -0.15) is 5.10 Å². The van der Waals surface area contributed by atoms with Crippen molar-refractivity contribution >= 4 is 21.6 Å². The highest BCUT2D eigenvalue weighted by Gasteiger charge is 2.28. The minimum Gasteiger partial charge on any atom is -0.302 e. The lowest BCUT2D eigenvalue weighted by Crippen LogP contribution is -2.21. The highest BCUT2D eigenvalue weighted by Crippen LogP contribution is 2.28. The fourth-order valence-electron chi connectivity index (χ4n) is 1.75. The number of benzene rings is 1. The van der Waals surface area contributed by atoms with Crippen molar-refractivity contribution in [2.75, 3.05) is 5.33 Å². The Morgan fingerprint density at radius 2 is 1.88 bits per heavy atom. The predicted molar refractivity (Wildman–Crippen MR) is 74.1 cm³/mol. The van der Waals surface area contributed by atoms with Gasteiger partial charge in [0, 0.05) is 17.0 Å². The summed E-state index contributed by atoms with van der Waals surface area (Å²) in [6.07, 6.45) is 0. The fraction of sp³-hybridized carbons (Fsp3) is 0.462. The maximum Gasteiger partial charge on any atom is 0.0778 e. The van der Waals surface area contributed by atoms with Gasteiger partial charge in [0.05, 0.1) is 6.04 Å². The van der Waals surface area contributed by atoms with Gasteiger partial charge in [-0.1, -0.05) is 60.1 Å². The van der Waals surface area contributed by atoms with Crippen molar-refractivity contribution in [2.24, 2.45) is 11.0 Å². The van der Waals surface area contributed by atoms with Crippen molar-refractivity contribution in [3.63, 3.8) is 0 Å². The van der Waals surface area contributed by atoms with E-state index in [1.165, 1.54) is 11.3 Å². The van der Waals surface area contributed by atoms with Gasteiger partial charge in [0.15, 0.2) is 0 Å². The summed E-state index contributed by atoms with van der Waals surface area (Å²) in [6, 6.07) is 10.8. The van der Waals surface area contributed by atoms with Crippen molar-refractivity contribution in [3.8, 4) is 0 Å². The highest BCUT2D eigenvalue weighted by atomic mass is 79.9. The van der Waals surface area contributed by atoms with Crippen molar-refractivity contribution in [3.05, 3.63) is 35.9 Å². The zero-order valence-corrected chi connectivity index (χ0v) is 11.7. The van der Waals surface area contributed by atoms with Gasteiger partial charge < -0.3 is 5.43 Å². The van der Waals surface area contributed by atoms with Crippen LogP contribution in [0, 0.1) is 5.92 Å². The molecule has 2 rings (SSSR count). The Labute approximate surface area is 106 Å². The zero-order chi connectivity index (χ0) is 12.0. The van der Waals surface area contributed by atoms with Gasteiger partial charge in [0.25, 0.3) is 0 Å². The molecule has 2 nitrogen and oxygen atoms in total. The molecule has 2 atom stereocenters. The Balaban J connectivity index is 0.000000606. The first-order chi connectivity index (χ1) is 7.83. The molecule has 0 radical (unpaired) electrons. The maximum atomic E-state index is 4.28. The molecule has 0 saturated heterocycles. The van der Waals surface area contributed by atoms with Crippen LogP contribution in [-0.2, 0) is 0 Å². The second-order valence-corrected chi connectivity index (χ2v) is 4.18. The molecular formula is C13H19BrN2. The normalized spacial score (nSPS) is 22.9. The Bertz CT molecular complexity index is 335. The molecule has 16 heavy (non-hydrogen) atoms. The lowest BCUT2D eigenvalue weighted by molar-refractivity contribution is 0.531. The van der Waals surface area contributed by atoms with E-state index in [-0.39, 0.29) is 0 Å². The quantitative estimate of drug-likeness (QED) is 0.821. The van der Waals surface area contributed by atoms with Crippen LogP contribution in [0.25, 0.3) is 0 Å². The topological polar surface area (TPSA) is 24.4 Å². The molecule has 0 bridgehead atoms. The number of alkyl halides is 1. The van der Waals surface area contributed by atoms with Crippen molar-refractivity contribution in [1.29, 1.82) is 0 Å². The van der Waals surface area contributed by atoms with Gasteiger partial charge in [0.1, 0.15) is 0 Å². The van der Waals surface area contributed by atoms with Crippen LogP contribution in [-0.4, -0.2) is 11.0 Å². The van der Waals surface area contributed by atoms with Gasteiger partial charge >= 0.3 is 0 Å². The molecule has 1 aliphatic rings. The molecule has 1 heterocycles. The van der Waals surface area contributed by atoms with E-state index in [1.54, 1.807) is 0 Å². The highest BCUT2D eigenvalue weighted by molar-refractivity contribution is 9.09. The average Bonchev–Trinajstić information content (AvgIpc) is 2.74. The Kier molecular flexibility index (Phi) is 5.53. The third kappa shape index (κ3) is 2.85. The summed E-state index contributed by atoms with van der Waals surface area (Å²) in [6.45, 7) is 6.07. The van der Waals surface area contributed by atoms with E-state index in [4.69, 9.17) is 0 Å². The van der Waals surface area contributed by atoms with Crippen LogP contribution in [0.3, 0.4) is 0 Å². The Hall–Kier alpha value is -0.830. The monoisotopic (exact) mass is 282 g/mol. The molecule has 88 valence electrons. The van der Waals surface area contributed by atoms with Crippen LogP contribution >= 0.6 is 15.9 Å². The molecule has 3 heteroatoms. The van der Waals surface area contributed by atoms with E-state index in [0.29, 0.717) is 12.0 Å². The summed E-state index contributed by atoms with van der Waals surface area (Å²) in [5.41, 5.74) is 5.66. The molecule has 1 aliphatic heterocycles. The Morgan fingerprint density at radius 3 is 2.44 bits per heavy atom. The molecule has 0 spiro atoms. The molecule has 2 unspecified atom stereocenters. The van der Waals surface area contributed by atoms with E-state index in [2.05, 4.69) is 57.6 Å². The van der Waals surface area contributed by atoms with E-state index < -0.39 is 0 Å². The molecule has 1 aromatic rings. The van der Waals surface area contributed by atoms with Gasteiger partial charge in [-0.3, -0.25) is 0 Å². The molecule has 0 aromatic heterocycles. The maximum absolute atomic E-state index is 4.28. The predicted octanol–water partition coefficient (Wildman–Crippen LogP) is 3.74. The summed E-state index contributed by atoms with van der Waals surface area (Å²) in [4.78, 5) is 0. The summed E-state index contributed by atoms with van der Waals surface area (Å²) in [5, 5.41) is 5.24. The molecule has 0 saturated carbocycles. The van der Waals surface area contributed by atoms with Crippen LogP contribution in [0.15, 0.2) is 35.4 Å².